The lowest BCUT2D eigenvalue weighted by atomic mass is 10.1. The Morgan fingerprint density at radius 2 is 1.91 bits per heavy atom. The SMILES string of the molecule is CC(Cc1nc(-c2ncn3c2CN(C(=O)N2CCOCC2)c2ccccc2-3)no1)C(F)(F)F. The minimum atomic E-state index is -4.35. The van der Waals surface area contributed by atoms with Crippen molar-refractivity contribution in [2.75, 3.05) is 31.2 Å². The van der Waals surface area contributed by atoms with Crippen LogP contribution < -0.4 is 4.90 Å². The number of nitrogens with zero attached hydrogens (tertiary/aromatic N) is 6. The Morgan fingerprint density at radius 1 is 1.18 bits per heavy atom. The van der Waals surface area contributed by atoms with E-state index in [0.29, 0.717) is 37.7 Å². The molecule has 9 nitrogen and oxygen atoms in total. The lowest BCUT2D eigenvalue weighted by Gasteiger charge is -2.36. The Balaban J connectivity index is 1.48. The highest BCUT2D eigenvalue weighted by Crippen LogP contribution is 2.36. The average molecular weight is 462 g/mol. The zero-order valence-electron chi connectivity index (χ0n) is 17.7. The van der Waals surface area contributed by atoms with E-state index in [4.69, 9.17) is 9.26 Å². The first-order valence-electron chi connectivity index (χ1n) is 10.5. The zero-order chi connectivity index (χ0) is 23.2. The number of halogens is 3. The first kappa shape index (κ1) is 21.4. The number of morpholine rings is 1. The standard InChI is InChI=1S/C21H21F3N6O3/c1-13(21(22,23)24)10-17-26-19(27-33-17)18-16-11-29(20(31)28-6-8-32-9-7-28)14-4-2-3-5-15(14)30(16)12-25-18/h2-5,12-13H,6-11H2,1H3. The predicted molar refractivity (Wildman–Crippen MR) is 110 cm³/mol. The van der Waals surface area contributed by atoms with Gasteiger partial charge in [0.25, 0.3) is 0 Å². The number of alkyl halides is 3. The minimum Gasteiger partial charge on any atom is -0.378 e. The van der Waals surface area contributed by atoms with E-state index < -0.39 is 18.5 Å². The van der Waals surface area contributed by atoms with Gasteiger partial charge in [0.15, 0.2) is 0 Å². The first-order valence-corrected chi connectivity index (χ1v) is 10.5. The van der Waals surface area contributed by atoms with Crippen LogP contribution in [-0.4, -0.2) is 63.1 Å². The topological polar surface area (TPSA) is 89.5 Å². The summed E-state index contributed by atoms with van der Waals surface area (Å²) in [5.41, 5.74) is 2.50. The molecule has 1 saturated heterocycles. The number of para-hydroxylation sites is 2. The molecule has 0 spiro atoms. The molecular formula is C21H21F3N6O3. The van der Waals surface area contributed by atoms with Gasteiger partial charge in [0, 0.05) is 19.5 Å². The molecule has 1 atom stereocenters. The predicted octanol–water partition coefficient (Wildman–Crippen LogP) is 3.44. The van der Waals surface area contributed by atoms with E-state index in [9.17, 15) is 18.0 Å². The number of aromatic nitrogens is 4. The van der Waals surface area contributed by atoms with Crippen molar-refractivity contribution in [2.45, 2.75) is 26.1 Å². The van der Waals surface area contributed by atoms with Crippen molar-refractivity contribution in [2.24, 2.45) is 5.92 Å². The van der Waals surface area contributed by atoms with Crippen LogP contribution in [0.5, 0.6) is 0 Å². The minimum absolute atomic E-state index is 0.0891. The second-order valence-corrected chi connectivity index (χ2v) is 8.03. The Bertz CT molecular complexity index is 1170. The van der Waals surface area contributed by atoms with E-state index in [1.807, 2.05) is 28.8 Å². The number of amides is 2. The fourth-order valence-corrected chi connectivity index (χ4v) is 3.96. The van der Waals surface area contributed by atoms with E-state index in [2.05, 4.69) is 15.1 Å². The number of hydrogen-bond donors (Lipinski definition) is 0. The Hall–Kier alpha value is -3.41. The van der Waals surface area contributed by atoms with Gasteiger partial charge in [0.05, 0.1) is 42.7 Å². The van der Waals surface area contributed by atoms with Crippen molar-refractivity contribution < 1.29 is 27.2 Å². The van der Waals surface area contributed by atoms with E-state index in [1.165, 1.54) is 0 Å². The maximum Gasteiger partial charge on any atom is 0.392 e. The number of hydrogen-bond acceptors (Lipinski definition) is 6. The Morgan fingerprint density at radius 3 is 2.64 bits per heavy atom. The normalized spacial score (nSPS) is 17.0. The van der Waals surface area contributed by atoms with E-state index in [1.54, 1.807) is 16.1 Å². The summed E-state index contributed by atoms with van der Waals surface area (Å²) >= 11 is 0. The van der Waals surface area contributed by atoms with Gasteiger partial charge in [-0.25, -0.2) is 9.78 Å². The first-order chi connectivity index (χ1) is 15.8. The third-order valence-corrected chi connectivity index (χ3v) is 5.84. The van der Waals surface area contributed by atoms with Crippen LogP contribution in [0.25, 0.3) is 17.2 Å². The summed E-state index contributed by atoms with van der Waals surface area (Å²) in [6.45, 7) is 3.21. The molecular weight excluding hydrogens is 441 g/mol. The molecule has 1 fully saturated rings. The van der Waals surface area contributed by atoms with Crippen LogP contribution in [0.4, 0.5) is 23.7 Å². The number of ether oxygens (including phenoxy) is 1. The highest BCUT2D eigenvalue weighted by molar-refractivity contribution is 5.95. The summed E-state index contributed by atoms with van der Waals surface area (Å²) < 4.78 is 51.0. The number of imidazole rings is 1. The lowest BCUT2D eigenvalue weighted by Crippen LogP contribution is -2.49. The van der Waals surface area contributed by atoms with Crippen molar-refractivity contribution in [1.29, 1.82) is 0 Å². The van der Waals surface area contributed by atoms with Crippen LogP contribution in [0, 0.1) is 5.92 Å². The van der Waals surface area contributed by atoms with Gasteiger partial charge < -0.3 is 14.2 Å². The molecule has 1 unspecified atom stereocenters. The fourth-order valence-electron chi connectivity index (χ4n) is 3.96. The van der Waals surface area contributed by atoms with Gasteiger partial charge in [-0.3, -0.25) is 9.47 Å². The Labute approximate surface area is 186 Å². The number of fused-ring (bicyclic) bond motifs is 3. The quantitative estimate of drug-likeness (QED) is 0.593. The number of rotatable bonds is 3. The zero-order valence-corrected chi connectivity index (χ0v) is 17.7. The second kappa shape index (κ2) is 8.18. The highest BCUT2D eigenvalue weighted by Gasteiger charge is 2.38. The van der Waals surface area contributed by atoms with Crippen molar-refractivity contribution in [3.8, 4) is 17.2 Å². The molecule has 1 aromatic carbocycles. The van der Waals surface area contributed by atoms with Crippen LogP contribution in [0.1, 0.15) is 18.5 Å². The van der Waals surface area contributed by atoms with Crippen LogP contribution in [0.3, 0.4) is 0 Å². The average Bonchev–Trinajstić information content (AvgIpc) is 3.45. The van der Waals surface area contributed by atoms with Gasteiger partial charge in [-0.05, 0) is 12.1 Å². The highest BCUT2D eigenvalue weighted by atomic mass is 19.4. The molecule has 33 heavy (non-hydrogen) atoms. The molecule has 0 aliphatic carbocycles. The van der Waals surface area contributed by atoms with Crippen LogP contribution in [-0.2, 0) is 17.7 Å². The third kappa shape index (κ3) is 3.94. The summed E-state index contributed by atoms with van der Waals surface area (Å²) in [5, 5.41) is 3.86. The fraction of sp³-hybridized carbons (Fsp3) is 0.429. The van der Waals surface area contributed by atoms with Gasteiger partial charge in [0.2, 0.25) is 11.7 Å². The molecule has 2 aromatic heterocycles. The van der Waals surface area contributed by atoms with Crippen LogP contribution in [0.15, 0.2) is 35.1 Å². The molecule has 5 rings (SSSR count). The molecule has 174 valence electrons. The number of urea groups is 1. The van der Waals surface area contributed by atoms with E-state index >= 15 is 0 Å². The summed E-state index contributed by atoms with van der Waals surface area (Å²) in [6.07, 6.45) is -3.18. The van der Waals surface area contributed by atoms with Gasteiger partial charge in [-0.15, -0.1) is 0 Å². The van der Waals surface area contributed by atoms with Gasteiger partial charge >= 0.3 is 12.2 Å². The number of benzene rings is 1. The number of anilines is 1. The number of carbonyl (C=O) groups excluding carboxylic acids is 1. The van der Waals surface area contributed by atoms with Crippen molar-refractivity contribution in [3.63, 3.8) is 0 Å². The molecule has 0 radical (unpaired) electrons. The maximum absolute atomic E-state index is 13.3. The molecule has 0 bridgehead atoms. The van der Waals surface area contributed by atoms with Crippen molar-refractivity contribution in [3.05, 3.63) is 42.2 Å². The molecule has 0 saturated carbocycles. The number of carbonyl (C=O) groups is 1. The molecule has 2 aliphatic rings. The summed E-state index contributed by atoms with van der Waals surface area (Å²) in [4.78, 5) is 25.3. The smallest absolute Gasteiger partial charge is 0.378 e. The van der Waals surface area contributed by atoms with Crippen LogP contribution in [0.2, 0.25) is 0 Å². The van der Waals surface area contributed by atoms with Gasteiger partial charge in [0.1, 0.15) is 12.0 Å². The molecule has 0 N–H and O–H groups in total. The maximum atomic E-state index is 13.3. The summed E-state index contributed by atoms with van der Waals surface area (Å²) in [6, 6.07) is 7.29. The molecule has 2 aliphatic heterocycles. The van der Waals surface area contributed by atoms with E-state index in [0.717, 1.165) is 18.3 Å². The molecule has 12 heteroatoms. The largest absolute Gasteiger partial charge is 0.392 e. The second-order valence-electron chi connectivity index (χ2n) is 8.03. The van der Waals surface area contributed by atoms with Gasteiger partial charge in [-0.1, -0.05) is 24.2 Å². The molecule has 4 heterocycles. The monoisotopic (exact) mass is 462 g/mol. The van der Waals surface area contributed by atoms with Crippen molar-refractivity contribution >= 4 is 11.7 Å². The molecule has 3 aromatic rings. The lowest BCUT2D eigenvalue weighted by molar-refractivity contribution is -0.170. The van der Waals surface area contributed by atoms with Crippen molar-refractivity contribution in [1.82, 2.24) is 24.6 Å². The summed E-state index contributed by atoms with van der Waals surface area (Å²) in [7, 11) is 0. The van der Waals surface area contributed by atoms with Crippen LogP contribution >= 0.6 is 0 Å². The summed E-state index contributed by atoms with van der Waals surface area (Å²) in [5.74, 6) is -1.64. The Kier molecular flexibility index (Phi) is 5.31. The molecule has 2 amide bonds. The third-order valence-electron chi connectivity index (χ3n) is 5.84. The van der Waals surface area contributed by atoms with E-state index in [-0.39, 0.29) is 24.3 Å². The van der Waals surface area contributed by atoms with Gasteiger partial charge in [-0.2, -0.15) is 18.2 Å².